The second-order valence-electron chi connectivity index (χ2n) is 3.51. The van der Waals surface area contributed by atoms with Gasteiger partial charge in [0, 0.05) is 5.56 Å². The van der Waals surface area contributed by atoms with Crippen LogP contribution in [0.1, 0.15) is 30.9 Å². The van der Waals surface area contributed by atoms with E-state index in [1.165, 1.54) is 0 Å². The Balaban J connectivity index is 3.30. The normalized spacial score (nSPS) is 10.5. The summed E-state index contributed by atoms with van der Waals surface area (Å²) in [4.78, 5) is 0. The highest BCUT2D eigenvalue weighted by Gasteiger charge is 2.12. The predicted molar refractivity (Wildman–Crippen MR) is 53.5 cm³/mol. The largest absolute Gasteiger partial charge is 0.504 e. The number of aryl methyl sites for hydroxylation is 1. The average molecular weight is 180 g/mol. The summed E-state index contributed by atoms with van der Waals surface area (Å²) < 4.78 is 5.17. The van der Waals surface area contributed by atoms with Gasteiger partial charge in [0.1, 0.15) is 0 Å². The Labute approximate surface area is 79.2 Å². The zero-order chi connectivity index (χ0) is 10.0. The SMILES string of the molecule is COc1c(C(C)C)ccc(C)c1O. The van der Waals surface area contributed by atoms with Crippen molar-refractivity contribution in [2.75, 3.05) is 7.11 Å². The van der Waals surface area contributed by atoms with Crippen molar-refractivity contribution >= 4 is 0 Å². The second-order valence-corrected chi connectivity index (χ2v) is 3.51. The molecule has 1 aromatic rings. The van der Waals surface area contributed by atoms with Gasteiger partial charge in [-0.3, -0.25) is 0 Å². The summed E-state index contributed by atoms with van der Waals surface area (Å²) >= 11 is 0. The number of rotatable bonds is 2. The fraction of sp³-hybridized carbons (Fsp3) is 0.455. The van der Waals surface area contributed by atoms with Crippen LogP contribution in [-0.2, 0) is 0 Å². The maximum Gasteiger partial charge on any atom is 0.164 e. The lowest BCUT2D eigenvalue weighted by Crippen LogP contribution is -1.95. The molecule has 1 rings (SSSR count). The van der Waals surface area contributed by atoms with E-state index < -0.39 is 0 Å². The van der Waals surface area contributed by atoms with E-state index in [2.05, 4.69) is 13.8 Å². The van der Waals surface area contributed by atoms with Crippen molar-refractivity contribution in [3.63, 3.8) is 0 Å². The zero-order valence-electron chi connectivity index (χ0n) is 8.59. The molecule has 1 aromatic carbocycles. The maximum absolute atomic E-state index is 9.70. The fourth-order valence-corrected chi connectivity index (χ4v) is 1.35. The molecule has 2 heteroatoms. The first-order chi connectivity index (χ1) is 6.07. The van der Waals surface area contributed by atoms with Gasteiger partial charge in [-0.05, 0) is 18.4 Å². The highest BCUT2D eigenvalue weighted by molar-refractivity contribution is 5.51. The molecule has 13 heavy (non-hydrogen) atoms. The fourth-order valence-electron chi connectivity index (χ4n) is 1.35. The molecule has 0 aliphatic rings. The number of aromatic hydroxyl groups is 1. The van der Waals surface area contributed by atoms with E-state index in [1.54, 1.807) is 7.11 Å². The van der Waals surface area contributed by atoms with E-state index in [4.69, 9.17) is 4.74 Å². The van der Waals surface area contributed by atoms with E-state index in [0.29, 0.717) is 11.7 Å². The number of hydrogen-bond donors (Lipinski definition) is 1. The van der Waals surface area contributed by atoms with Gasteiger partial charge in [0.25, 0.3) is 0 Å². The third-order valence-electron chi connectivity index (χ3n) is 2.19. The molecule has 0 amide bonds. The van der Waals surface area contributed by atoms with Crippen molar-refractivity contribution in [2.24, 2.45) is 0 Å². The smallest absolute Gasteiger partial charge is 0.164 e. The molecule has 0 aliphatic heterocycles. The Kier molecular flexibility index (Phi) is 2.81. The van der Waals surface area contributed by atoms with Crippen LogP contribution in [0.4, 0.5) is 0 Å². The summed E-state index contributed by atoms with van der Waals surface area (Å²) in [5.41, 5.74) is 1.90. The predicted octanol–water partition coefficient (Wildman–Crippen LogP) is 2.83. The highest BCUT2D eigenvalue weighted by atomic mass is 16.5. The first-order valence-corrected chi connectivity index (χ1v) is 4.44. The molecule has 1 N–H and O–H groups in total. The van der Waals surface area contributed by atoms with E-state index in [-0.39, 0.29) is 5.75 Å². The molecule has 0 bridgehead atoms. The topological polar surface area (TPSA) is 29.5 Å². The van der Waals surface area contributed by atoms with Crippen molar-refractivity contribution in [3.8, 4) is 11.5 Å². The van der Waals surface area contributed by atoms with Crippen LogP contribution in [0.3, 0.4) is 0 Å². The number of phenolic OH excluding ortho intramolecular Hbond substituents is 1. The van der Waals surface area contributed by atoms with Gasteiger partial charge in [0.15, 0.2) is 11.5 Å². The second kappa shape index (κ2) is 3.69. The molecule has 0 unspecified atom stereocenters. The molecular weight excluding hydrogens is 164 g/mol. The van der Waals surface area contributed by atoms with E-state index >= 15 is 0 Å². The maximum atomic E-state index is 9.70. The molecular formula is C11H16O2. The lowest BCUT2D eigenvalue weighted by atomic mass is 10.00. The number of benzene rings is 1. The molecule has 0 aliphatic carbocycles. The van der Waals surface area contributed by atoms with Gasteiger partial charge in [0.05, 0.1) is 7.11 Å². The van der Waals surface area contributed by atoms with Gasteiger partial charge in [-0.15, -0.1) is 0 Å². The minimum absolute atomic E-state index is 0.258. The third-order valence-corrected chi connectivity index (χ3v) is 2.19. The molecule has 72 valence electrons. The summed E-state index contributed by atoms with van der Waals surface area (Å²) in [6.45, 7) is 6.02. The molecule has 0 saturated carbocycles. The minimum Gasteiger partial charge on any atom is -0.504 e. The van der Waals surface area contributed by atoms with E-state index in [9.17, 15) is 5.11 Å². The highest BCUT2D eigenvalue weighted by Crippen LogP contribution is 2.36. The van der Waals surface area contributed by atoms with Gasteiger partial charge in [-0.2, -0.15) is 0 Å². The summed E-state index contributed by atoms with van der Waals surface area (Å²) in [5.74, 6) is 1.23. The Morgan fingerprint density at radius 2 is 1.92 bits per heavy atom. The molecule has 0 saturated heterocycles. The average Bonchev–Trinajstić information content (AvgIpc) is 2.09. The van der Waals surface area contributed by atoms with Crippen LogP contribution in [0.15, 0.2) is 12.1 Å². The molecule has 0 spiro atoms. The zero-order valence-corrected chi connectivity index (χ0v) is 8.59. The van der Waals surface area contributed by atoms with Gasteiger partial charge in [0.2, 0.25) is 0 Å². The van der Waals surface area contributed by atoms with Gasteiger partial charge in [-0.25, -0.2) is 0 Å². The van der Waals surface area contributed by atoms with E-state index in [1.807, 2.05) is 19.1 Å². The Morgan fingerprint density at radius 1 is 1.31 bits per heavy atom. The molecule has 0 radical (unpaired) electrons. The summed E-state index contributed by atoms with van der Waals surface area (Å²) in [6, 6.07) is 3.91. The van der Waals surface area contributed by atoms with Crippen LogP contribution < -0.4 is 4.74 Å². The standard InChI is InChI=1S/C11H16O2/c1-7(2)9-6-5-8(3)10(12)11(9)13-4/h5-7,12H,1-4H3. The molecule has 0 heterocycles. The monoisotopic (exact) mass is 180 g/mol. The lowest BCUT2D eigenvalue weighted by Gasteiger charge is -2.14. The summed E-state index contributed by atoms with van der Waals surface area (Å²) in [6.07, 6.45) is 0. The Morgan fingerprint density at radius 3 is 2.38 bits per heavy atom. The van der Waals surface area contributed by atoms with Crippen LogP contribution in [0.5, 0.6) is 11.5 Å². The van der Waals surface area contributed by atoms with Crippen LogP contribution in [-0.4, -0.2) is 12.2 Å². The number of hydrogen-bond acceptors (Lipinski definition) is 2. The van der Waals surface area contributed by atoms with Crippen molar-refractivity contribution in [1.82, 2.24) is 0 Å². The van der Waals surface area contributed by atoms with Crippen LogP contribution in [0.25, 0.3) is 0 Å². The van der Waals surface area contributed by atoms with Crippen LogP contribution >= 0.6 is 0 Å². The molecule has 2 nitrogen and oxygen atoms in total. The van der Waals surface area contributed by atoms with Crippen molar-refractivity contribution in [1.29, 1.82) is 0 Å². The van der Waals surface area contributed by atoms with Crippen molar-refractivity contribution < 1.29 is 9.84 Å². The lowest BCUT2D eigenvalue weighted by molar-refractivity contribution is 0.366. The van der Waals surface area contributed by atoms with Crippen molar-refractivity contribution in [3.05, 3.63) is 23.3 Å². The summed E-state index contributed by atoms with van der Waals surface area (Å²) in [7, 11) is 1.58. The van der Waals surface area contributed by atoms with Gasteiger partial charge in [-0.1, -0.05) is 26.0 Å². The molecule has 0 atom stereocenters. The molecule has 0 fully saturated rings. The van der Waals surface area contributed by atoms with Crippen LogP contribution in [0, 0.1) is 6.92 Å². The van der Waals surface area contributed by atoms with Gasteiger partial charge < -0.3 is 9.84 Å². The van der Waals surface area contributed by atoms with Crippen LogP contribution in [0.2, 0.25) is 0 Å². The van der Waals surface area contributed by atoms with Gasteiger partial charge >= 0.3 is 0 Å². The molecule has 0 aromatic heterocycles. The quantitative estimate of drug-likeness (QED) is 0.758. The van der Waals surface area contributed by atoms with Crippen molar-refractivity contribution in [2.45, 2.75) is 26.7 Å². The number of ether oxygens (including phenoxy) is 1. The van der Waals surface area contributed by atoms with E-state index in [0.717, 1.165) is 11.1 Å². The summed E-state index contributed by atoms with van der Waals surface area (Å²) in [5, 5.41) is 9.70. The Hall–Kier alpha value is -1.18. The third kappa shape index (κ3) is 1.77. The number of methoxy groups -OCH3 is 1. The minimum atomic E-state index is 0.258. The number of phenols is 1. The Bertz CT molecular complexity index is 303. The first kappa shape index (κ1) is 9.90. The first-order valence-electron chi connectivity index (χ1n) is 4.44.